The summed E-state index contributed by atoms with van der Waals surface area (Å²) in [5, 5.41) is 5.41. The van der Waals surface area contributed by atoms with E-state index in [9.17, 15) is 8.42 Å². The van der Waals surface area contributed by atoms with Gasteiger partial charge in [-0.1, -0.05) is 12.5 Å². The minimum absolute atomic E-state index is 0.0436. The van der Waals surface area contributed by atoms with E-state index in [1.54, 1.807) is 11.3 Å². The van der Waals surface area contributed by atoms with Gasteiger partial charge in [0.1, 0.15) is 0 Å². The lowest BCUT2D eigenvalue weighted by atomic mass is 10.0. The topological polar surface area (TPSA) is 58.2 Å². The van der Waals surface area contributed by atoms with Gasteiger partial charge in [-0.3, -0.25) is 0 Å². The largest absolute Gasteiger partial charge is 0.314 e. The zero-order chi connectivity index (χ0) is 14.4. The lowest BCUT2D eigenvalue weighted by molar-refractivity contribution is 0.392. The third-order valence-electron chi connectivity index (χ3n) is 3.62. The first kappa shape index (κ1) is 15.9. The smallest absolute Gasteiger partial charge is 0.211 e. The number of rotatable bonds is 7. The first-order valence-corrected chi connectivity index (χ1v) is 9.84. The molecule has 4 nitrogen and oxygen atoms in total. The first-order valence-electron chi connectivity index (χ1n) is 7.31. The summed E-state index contributed by atoms with van der Waals surface area (Å²) in [6, 6.07) is 4.36. The normalized spacial score (nSPS) is 21.8. The predicted molar refractivity (Wildman–Crippen MR) is 84.7 cm³/mol. The molecular formula is C14H24N2O2S2. The van der Waals surface area contributed by atoms with E-state index in [0.29, 0.717) is 12.5 Å². The van der Waals surface area contributed by atoms with E-state index >= 15 is 0 Å². The van der Waals surface area contributed by atoms with E-state index < -0.39 is 10.0 Å². The predicted octanol–water partition coefficient (Wildman–Crippen LogP) is 2.13. The molecule has 2 heterocycles. The molecule has 1 aliphatic rings. The molecule has 1 aliphatic heterocycles. The van der Waals surface area contributed by atoms with Gasteiger partial charge in [0.05, 0.1) is 5.75 Å². The quantitative estimate of drug-likeness (QED) is 0.810. The molecule has 0 spiro atoms. The van der Waals surface area contributed by atoms with Crippen LogP contribution in [0.2, 0.25) is 0 Å². The van der Waals surface area contributed by atoms with Gasteiger partial charge in [0.25, 0.3) is 0 Å². The summed E-state index contributed by atoms with van der Waals surface area (Å²) in [7, 11) is -3.17. The molecule has 1 aromatic rings. The van der Waals surface area contributed by atoms with Crippen molar-refractivity contribution in [2.24, 2.45) is 0 Å². The fraction of sp³-hybridized carbons (Fsp3) is 0.714. The van der Waals surface area contributed by atoms with E-state index in [2.05, 4.69) is 10.0 Å². The maximum absolute atomic E-state index is 12.1. The Bertz CT molecular complexity index is 479. The zero-order valence-corrected chi connectivity index (χ0v) is 13.6. The summed E-state index contributed by atoms with van der Waals surface area (Å²) >= 11 is 1.67. The fourth-order valence-electron chi connectivity index (χ4n) is 2.61. The van der Waals surface area contributed by atoms with E-state index in [4.69, 9.17) is 0 Å². The monoisotopic (exact) mass is 316 g/mol. The summed E-state index contributed by atoms with van der Waals surface area (Å²) < 4.78 is 26.9. The lowest BCUT2D eigenvalue weighted by Crippen LogP contribution is -2.39. The second-order valence-electron chi connectivity index (χ2n) is 5.56. The van der Waals surface area contributed by atoms with E-state index in [0.717, 1.165) is 19.4 Å². The number of thiophene rings is 1. The number of hydrogen-bond donors (Lipinski definition) is 2. The van der Waals surface area contributed by atoms with Crippen molar-refractivity contribution in [2.75, 3.05) is 12.3 Å². The summed E-state index contributed by atoms with van der Waals surface area (Å²) in [6.45, 7) is 2.95. The van der Waals surface area contributed by atoms with Gasteiger partial charge in [-0.15, -0.1) is 11.3 Å². The average Bonchev–Trinajstić information content (AvgIpc) is 2.90. The lowest BCUT2D eigenvalue weighted by Gasteiger charge is -2.23. The van der Waals surface area contributed by atoms with Crippen molar-refractivity contribution in [1.29, 1.82) is 0 Å². The third kappa shape index (κ3) is 5.52. The van der Waals surface area contributed by atoms with Crippen LogP contribution >= 0.6 is 11.3 Å². The van der Waals surface area contributed by atoms with E-state index in [1.165, 1.54) is 17.7 Å². The molecular weight excluding hydrogens is 292 g/mol. The molecule has 2 unspecified atom stereocenters. The minimum atomic E-state index is -3.17. The summed E-state index contributed by atoms with van der Waals surface area (Å²) in [4.78, 5) is 1.22. The standard InChI is InChI=1S/C14H24N2O2S2/c1-12(11-14-6-4-9-19-14)16-20(17,18)10-7-13-5-2-3-8-15-13/h4,6,9,12-13,15-16H,2-3,5,7-8,10-11H2,1H3. The Morgan fingerprint density at radius 1 is 1.50 bits per heavy atom. The van der Waals surface area contributed by atoms with Crippen LogP contribution in [0.3, 0.4) is 0 Å². The first-order chi connectivity index (χ1) is 9.55. The third-order valence-corrected chi connectivity index (χ3v) is 6.05. The Kier molecular flexibility index (Phi) is 6.01. The Balaban J connectivity index is 1.74. The molecule has 0 aromatic carbocycles. The van der Waals surface area contributed by atoms with Crippen molar-refractivity contribution in [3.05, 3.63) is 22.4 Å². The van der Waals surface area contributed by atoms with Crippen molar-refractivity contribution in [2.45, 2.75) is 51.1 Å². The molecule has 2 rings (SSSR count). The Morgan fingerprint density at radius 3 is 3.00 bits per heavy atom. The van der Waals surface area contributed by atoms with Gasteiger partial charge in [0.15, 0.2) is 0 Å². The summed E-state index contributed by atoms with van der Waals surface area (Å²) in [5.74, 6) is 0.222. The molecule has 114 valence electrons. The van der Waals surface area contributed by atoms with Gasteiger partial charge in [0.2, 0.25) is 10.0 Å². The van der Waals surface area contributed by atoms with Crippen LogP contribution in [0.15, 0.2) is 17.5 Å². The molecule has 0 saturated carbocycles. The number of sulfonamides is 1. The molecule has 1 aromatic heterocycles. The number of piperidine rings is 1. The van der Waals surface area contributed by atoms with Crippen LogP contribution in [0, 0.1) is 0 Å². The van der Waals surface area contributed by atoms with Crippen LogP contribution in [-0.2, 0) is 16.4 Å². The van der Waals surface area contributed by atoms with Crippen LogP contribution in [0.25, 0.3) is 0 Å². The van der Waals surface area contributed by atoms with E-state index in [-0.39, 0.29) is 11.8 Å². The Labute approximate surface area is 126 Å². The van der Waals surface area contributed by atoms with Crippen LogP contribution in [0.1, 0.15) is 37.5 Å². The summed E-state index contributed by atoms with van der Waals surface area (Å²) in [5.41, 5.74) is 0. The molecule has 0 aliphatic carbocycles. The van der Waals surface area contributed by atoms with Gasteiger partial charge < -0.3 is 5.32 Å². The molecule has 6 heteroatoms. The van der Waals surface area contributed by atoms with Crippen molar-refractivity contribution in [3.8, 4) is 0 Å². The van der Waals surface area contributed by atoms with Gasteiger partial charge in [0, 0.05) is 17.0 Å². The molecule has 1 saturated heterocycles. The highest BCUT2D eigenvalue weighted by Gasteiger charge is 2.19. The van der Waals surface area contributed by atoms with Crippen molar-refractivity contribution < 1.29 is 8.42 Å². The van der Waals surface area contributed by atoms with Crippen molar-refractivity contribution in [3.63, 3.8) is 0 Å². The minimum Gasteiger partial charge on any atom is -0.314 e. The highest BCUT2D eigenvalue weighted by atomic mass is 32.2. The second-order valence-corrected chi connectivity index (χ2v) is 8.46. The highest BCUT2D eigenvalue weighted by molar-refractivity contribution is 7.89. The van der Waals surface area contributed by atoms with Gasteiger partial charge in [-0.2, -0.15) is 0 Å². The molecule has 1 fully saturated rings. The maximum atomic E-state index is 12.1. The molecule has 20 heavy (non-hydrogen) atoms. The fourth-order valence-corrected chi connectivity index (χ4v) is 4.85. The SMILES string of the molecule is CC(Cc1cccs1)NS(=O)(=O)CCC1CCCCN1. The van der Waals surface area contributed by atoms with Crippen molar-refractivity contribution >= 4 is 21.4 Å². The molecule has 0 bridgehead atoms. The number of hydrogen-bond acceptors (Lipinski definition) is 4. The Hall–Kier alpha value is -0.430. The van der Waals surface area contributed by atoms with Gasteiger partial charge in [-0.05, 0) is 50.6 Å². The van der Waals surface area contributed by atoms with Gasteiger partial charge in [-0.25, -0.2) is 13.1 Å². The summed E-state index contributed by atoms with van der Waals surface area (Å²) in [6.07, 6.45) is 4.99. The van der Waals surface area contributed by atoms with Crippen LogP contribution < -0.4 is 10.0 Å². The maximum Gasteiger partial charge on any atom is 0.211 e. The molecule has 0 radical (unpaired) electrons. The number of nitrogens with one attached hydrogen (secondary N) is 2. The van der Waals surface area contributed by atoms with Crippen LogP contribution in [0.5, 0.6) is 0 Å². The van der Waals surface area contributed by atoms with E-state index in [1.807, 2.05) is 24.4 Å². The second kappa shape index (κ2) is 7.54. The molecule has 0 amide bonds. The zero-order valence-electron chi connectivity index (χ0n) is 12.0. The average molecular weight is 316 g/mol. The van der Waals surface area contributed by atoms with Crippen LogP contribution in [0.4, 0.5) is 0 Å². The Morgan fingerprint density at radius 2 is 2.35 bits per heavy atom. The molecule has 2 N–H and O–H groups in total. The molecule has 2 atom stereocenters. The van der Waals surface area contributed by atoms with Crippen LogP contribution in [-0.4, -0.2) is 32.8 Å². The highest BCUT2D eigenvalue weighted by Crippen LogP contribution is 2.13. The van der Waals surface area contributed by atoms with Crippen molar-refractivity contribution in [1.82, 2.24) is 10.0 Å². The van der Waals surface area contributed by atoms with Gasteiger partial charge >= 0.3 is 0 Å².